The monoisotopic (exact) mass is 222 g/mol. The van der Waals surface area contributed by atoms with E-state index >= 15 is 0 Å². The predicted molar refractivity (Wildman–Crippen MR) is 56.3 cm³/mol. The van der Waals surface area contributed by atoms with Gasteiger partial charge in [0.05, 0.1) is 11.3 Å². The molecule has 0 spiro atoms. The molecule has 2 N–H and O–H groups in total. The molecule has 0 radical (unpaired) electrons. The van der Waals surface area contributed by atoms with Crippen LogP contribution >= 0.6 is 0 Å². The molecule has 1 heterocycles. The van der Waals surface area contributed by atoms with E-state index in [0.717, 1.165) is 0 Å². The average Bonchev–Trinajstić information content (AvgIpc) is 2.71. The van der Waals surface area contributed by atoms with Gasteiger partial charge in [-0.25, -0.2) is 0 Å². The van der Waals surface area contributed by atoms with Gasteiger partial charge >= 0.3 is 5.97 Å². The molecule has 0 amide bonds. The van der Waals surface area contributed by atoms with Crippen LogP contribution in [0.1, 0.15) is 8.44 Å². The van der Waals surface area contributed by atoms with Crippen LogP contribution < -0.4 is 0 Å². The molecule has 1 aromatic heterocycles. The second kappa shape index (κ2) is 3.65. The summed E-state index contributed by atoms with van der Waals surface area (Å²) in [6.07, 6.45) is -2.56. The van der Waals surface area contributed by atoms with Crippen molar-refractivity contribution in [3.05, 3.63) is 40.1 Å². The number of hydrogen-bond acceptors (Lipinski definition) is 3. The summed E-state index contributed by atoms with van der Waals surface area (Å²) in [4.78, 5) is 23.4. The summed E-state index contributed by atoms with van der Waals surface area (Å²) < 4.78 is 14.8. The van der Waals surface area contributed by atoms with Crippen molar-refractivity contribution in [2.45, 2.75) is 6.37 Å². The van der Waals surface area contributed by atoms with Gasteiger partial charge in [0.25, 0.3) is 5.69 Å². The fourth-order valence-electron chi connectivity index (χ4n) is 1.42. The molecule has 6 heteroatoms. The number of aliphatic carboxylic acids is 1. The maximum atomic E-state index is 10.8. The summed E-state index contributed by atoms with van der Waals surface area (Å²) in [5.41, 5.74) is 0.162. The second-order valence-electron chi connectivity index (χ2n) is 3.14. The number of non-ortho nitro benzene ring substituents is 1. The molecular formula is C10H8N2O4. The van der Waals surface area contributed by atoms with E-state index in [4.69, 9.17) is 7.85 Å². The first-order valence-electron chi connectivity index (χ1n) is 5.33. The predicted octanol–water partition coefficient (Wildman–Crippen LogP) is 1.70. The maximum Gasteiger partial charge on any atom is 0.309 e. The third-order valence-corrected chi connectivity index (χ3v) is 2.06. The van der Waals surface area contributed by atoms with Crippen LogP contribution in [-0.2, 0) is 11.2 Å². The van der Waals surface area contributed by atoms with Crippen molar-refractivity contribution in [3.63, 3.8) is 0 Å². The van der Waals surface area contributed by atoms with E-state index in [0.29, 0.717) is 10.9 Å². The van der Waals surface area contributed by atoms with Crippen molar-refractivity contribution < 1.29 is 17.6 Å². The number of nitro groups is 1. The number of H-pyrrole nitrogens is 1. The molecule has 2 rings (SSSR count). The van der Waals surface area contributed by atoms with Gasteiger partial charge in [-0.2, -0.15) is 0 Å². The lowest BCUT2D eigenvalue weighted by Gasteiger charge is -1.90. The minimum absolute atomic E-state index is 0.135. The number of carbonyl (C=O) groups is 1. The molecule has 1 aromatic carbocycles. The van der Waals surface area contributed by atoms with Crippen molar-refractivity contribution in [2.75, 3.05) is 0 Å². The summed E-state index contributed by atoms with van der Waals surface area (Å²) in [6.45, 7) is 0. The van der Waals surface area contributed by atoms with Crippen LogP contribution in [0.5, 0.6) is 0 Å². The summed E-state index contributed by atoms with van der Waals surface area (Å²) in [7, 11) is 0. The zero-order valence-corrected chi connectivity index (χ0v) is 7.93. The van der Waals surface area contributed by atoms with Crippen LogP contribution in [0.25, 0.3) is 10.9 Å². The molecule has 0 saturated heterocycles. The fraction of sp³-hybridized carbons (Fsp3) is 0.100. The zero-order chi connectivity index (χ0) is 13.5. The number of nitrogens with zero attached hydrogens (tertiary/aromatic N) is 1. The molecule has 2 aromatic rings. The van der Waals surface area contributed by atoms with Gasteiger partial charge in [0.1, 0.15) is 0 Å². The van der Waals surface area contributed by atoms with E-state index in [-0.39, 0.29) is 11.4 Å². The Hall–Kier alpha value is -2.37. The SMILES string of the molecule is [2H]C([2H])(C(=O)O)c1cc2cc([N+](=O)[O-])ccc2[nH]1. The summed E-state index contributed by atoms with van der Waals surface area (Å²) in [5, 5.41) is 19.7. The van der Waals surface area contributed by atoms with Crippen molar-refractivity contribution in [1.29, 1.82) is 0 Å². The van der Waals surface area contributed by atoms with Crippen LogP contribution in [0.2, 0.25) is 0 Å². The summed E-state index contributed by atoms with van der Waals surface area (Å²) >= 11 is 0. The van der Waals surface area contributed by atoms with Gasteiger partial charge in [0.15, 0.2) is 0 Å². The number of rotatable bonds is 3. The Morgan fingerprint density at radius 1 is 1.56 bits per heavy atom. The minimum Gasteiger partial charge on any atom is -0.481 e. The molecule has 0 fully saturated rings. The van der Waals surface area contributed by atoms with Gasteiger partial charge in [-0.3, -0.25) is 14.9 Å². The quantitative estimate of drug-likeness (QED) is 0.610. The van der Waals surface area contributed by atoms with Crippen molar-refractivity contribution in [2.24, 2.45) is 0 Å². The smallest absolute Gasteiger partial charge is 0.309 e. The molecule has 0 unspecified atom stereocenters. The van der Waals surface area contributed by atoms with Gasteiger partial charge in [0, 0.05) is 31.5 Å². The average molecular weight is 222 g/mol. The van der Waals surface area contributed by atoms with Gasteiger partial charge in [0.2, 0.25) is 0 Å². The van der Waals surface area contributed by atoms with Crippen LogP contribution in [0.15, 0.2) is 24.3 Å². The Labute approximate surface area is 92.5 Å². The molecule has 0 aliphatic rings. The summed E-state index contributed by atoms with van der Waals surface area (Å²) in [5.74, 6) is -1.62. The number of aromatic amines is 1. The lowest BCUT2D eigenvalue weighted by Crippen LogP contribution is -1.99. The standard InChI is InChI=1S/C10H8N2O4/c13-10(14)5-7-3-6-4-8(12(15)16)1-2-9(6)11-7/h1-4,11H,5H2,(H,13,14)/i5D2. The first-order valence-corrected chi connectivity index (χ1v) is 4.33. The highest BCUT2D eigenvalue weighted by atomic mass is 16.6. The Balaban J connectivity index is 2.57. The topological polar surface area (TPSA) is 96.2 Å². The molecular weight excluding hydrogens is 212 g/mol. The van der Waals surface area contributed by atoms with Crippen molar-refractivity contribution in [1.82, 2.24) is 4.98 Å². The Kier molecular flexibility index (Phi) is 1.79. The van der Waals surface area contributed by atoms with Crippen LogP contribution in [0.4, 0.5) is 5.69 Å². The number of carboxylic acids is 1. The third kappa shape index (κ3) is 1.85. The highest BCUT2D eigenvalue weighted by Gasteiger charge is 2.09. The Bertz CT molecular complexity index is 650. The second-order valence-corrected chi connectivity index (χ2v) is 3.14. The zero-order valence-electron chi connectivity index (χ0n) is 9.93. The molecule has 0 atom stereocenters. The van der Waals surface area contributed by atoms with Gasteiger partial charge in [-0.05, 0) is 12.1 Å². The van der Waals surface area contributed by atoms with Crippen LogP contribution in [-0.4, -0.2) is 21.0 Å². The Morgan fingerprint density at radius 3 is 2.94 bits per heavy atom. The first kappa shape index (κ1) is 7.86. The van der Waals surface area contributed by atoms with E-state index < -0.39 is 17.3 Å². The van der Waals surface area contributed by atoms with E-state index in [2.05, 4.69) is 4.98 Å². The third-order valence-electron chi connectivity index (χ3n) is 2.06. The molecule has 0 bridgehead atoms. The largest absolute Gasteiger partial charge is 0.481 e. The molecule has 0 aliphatic heterocycles. The number of fused-ring (bicyclic) bond motifs is 1. The number of carboxylic acid groups (broad SMARTS) is 1. The first-order chi connectivity index (χ1) is 8.32. The van der Waals surface area contributed by atoms with Gasteiger partial charge in [-0.1, -0.05) is 0 Å². The molecule has 0 aliphatic carbocycles. The lowest BCUT2D eigenvalue weighted by molar-refractivity contribution is -0.384. The molecule has 6 nitrogen and oxygen atoms in total. The molecule has 82 valence electrons. The Morgan fingerprint density at radius 2 is 2.31 bits per heavy atom. The molecule has 0 saturated carbocycles. The van der Waals surface area contributed by atoms with E-state index in [1.165, 1.54) is 24.3 Å². The van der Waals surface area contributed by atoms with E-state index in [1.807, 2.05) is 0 Å². The minimum atomic E-state index is -2.56. The van der Waals surface area contributed by atoms with Gasteiger partial charge in [-0.15, -0.1) is 0 Å². The van der Waals surface area contributed by atoms with Crippen molar-refractivity contribution >= 4 is 22.6 Å². The van der Waals surface area contributed by atoms with Crippen molar-refractivity contribution in [3.8, 4) is 0 Å². The molecule has 16 heavy (non-hydrogen) atoms. The number of nitrogens with one attached hydrogen (secondary N) is 1. The highest BCUT2D eigenvalue weighted by Crippen LogP contribution is 2.21. The fourth-order valence-corrected chi connectivity index (χ4v) is 1.42. The van der Waals surface area contributed by atoms with Crippen LogP contribution in [0, 0.1) is 10.1 Å². The number of benzene rings is 1. The maximum absolute atomic E-state index is 10.8. The highest BCUT2D eigenvalue weighted by molar-refractivity contribution is 5.84. The summed E-state index contributed by atoms with van der Waals surface area (Å²) in [6, 6.07) is 5.19. The number of aromatic nitrogens is 1. The lowest BCUT2D eigenvalue weighted by atomic mass is 10.2. The number of hydrogen-bond donors (Lipinski definition) is 2. The van der Waals surface area contributed by atoms with Crippen LogP contribution in [0.3, 0.4) is 0 Å². The van der Waals surface area contributed by atoms with E-state index in [1.54, 1.807) is 0 Å². The number of nitro benzene ring substituents is 1. The van der Waals surface area contributed by atoms with E-state index in [9.17, 15) is 14.9 Å². The van der Waals surface area contributed by atoms with Gasteiger partial charge < -0.3 is 10.1 Å². The normalized spacial score (nSPS) is 13.2.